The number of benzene rings is 1. The summed E-state index contributed by atoms with van der Waals surface area (Å²) in [6, 6.07) is 8.59. The van der Waals surface area contributed by atoms with Crippen LogP contribution in [0.3, 0.4) is 0 Å². The lowest BCUT2D eigenvalue weighted by atomic mass is 10.2. The number of rotatable bonds is 1. The molecule has 0 bridgehead atoms. The fourth-order valence-electron chi connectivity index (χ4n) is 2.30. The highest BCUT2D eigenvalue weighted by atomic mass is 35.5. The SMILES string of the molecule is Cl.Nc1ccc2sc(C3CN4C=CSC4=N3)cc2c1. The first-order valence-electron chi connectivity index (χ1n) is 5.76. The molecule has 4 rings (SSSR count). The van der Waals surface area contributed by atoms with Crippen LogP contribution in [0.1, 0.15) is 10.9 Å². The van der Waals surface area contributed by atoms with Gasteiger partial charge in [0.05, 0.1) is 6.54 Å². The molecular weight excluding hydrogens is 298 g/mol. The van der Waals surface area contributed by atoms with Gasteiger partial charge in [0, 0.05) is 21.5 Å². The zero-order chi connectivity index (χ0) is 12.1. The van der Waals surface area contributed by atoms with Crippen LogP contribution in [0.5, 0.6) is 0 Å². The van der Waals surface area contributed by atoms with Crippen molar-refractivity contribution in [3.63, 3.8) is 0 Å². The minimum Gasteiger partial charge on any atom is -0.399 e. The van der Waals surface area contributed by atoms with Gasteiger partial charge in [-0.2, -0.15) is 0 Å². The molecule has 1 atom stereocenters. The number of thioether (sulfide) groups is 1. The van der Waals surface area contributed by atoms with Gasteiger partial charge in [-0.15, -0.1) is 23.7 Å². The maximum atomic E-state index is 5.82. The molecule has 3 heterocycles. The van der Waals surface area contributed by atoms with Gasteiger partial charge < -0.3 is 10.6 Å². The zero-order valence-corrected chi connectivity index (χ0v) is 12.4. The summed E-state index contributed by atoms with van der Waals surface area (Å²) in [7, 11) is 0. The van der Waals surface area contributed by atoms with Crippen molar-refractivity contribution in [2.24, 2.45) is 4.99 Å². The van der Waals surface area contributed by atoms with Crippen molar-refractivity contribution in [1.29, 1.82) is 0 Å². The van der Waals surface area contributed by atoms with E-state index in [1.807, 2.05) is 23.5 Å². The van der Waals surface area contributed by atoms with Crippen LogP contribution < -0.4 is 5.73 Å². The number of nitrogen functional groups attached to an aromatic ring is 1. The molecule has 0 aliphatic carbocycles. The summed E-state index contributed by atoms with van der Waals surface area (Å²) in [5.41, 5.74) is 6.64. The van der Waals surface area contributed by atoms with Crippen molar-refractivity contribution in [1.82, 2.24) is 4.90 Å². The Hall–Kier alpha value is -1.17. The zero-order valence-electron chi connectivity index (χ0n) is 9.95. The molecule has 6 heteroatoms. The van der Waals surface area contributed by atoms with Gasteiger partial charge in [-0.05, 0) is 35.1 Å². The monoisotopic (exact) mass is 309 g/mol. The third kappa shape index (κ3) is 2.12. The number of amidine groups is 1. The van der Waals surface area contributed by atoms with E-state index in [-0.39, 0.29) is 18.4 Å². The fourth-order valence-corrected chi connectivity index (χ4v) is 4.16. The van der Waals surface area contributed by atoms with Crippen molar-refractivity contribution in [2.75, 3.05) is 12.3 Å². The standard InChI is InChI=1S/C13H11N3S2.ClH/c14-9-1-2-11-8(5-9)6-12(18-11)10-7-16-3-4-17-13(16)15-10;/h1-6,10H,7,14H2;1H. The number of thiophene rings is 1. The second kappa shape index (κ2) is 4.74. The van der Waals surface area contributed by atoms with Gasteiger partial charge in [0.15, 0.2) is 5.17 Å². The number of nitrogens with zero attached hydrogens (tertiary/aromatic N) is 2. The van der Waals surface area contributed by atoms with Crippen LogP contribution in [0.15, 0.2) is 40.9 Å². The topological polar surface area (TPSA) is 41.6 Å². The van der Waals surface area contributed by atoms with Crippen LogP contribution in [0, 0.1) is 0 Å². The molecule has 0 spiro atoms. The molecule has 2 N–H and O–H groups in total. The molecule has 0 saturated heterocycles. The summed E-state index contributed by atoms with van der Waals surface area (Å²) in [6.45, 7) is 0.959. The molecule has 1 unspecified atom stereocenters. The lowest BCUT2D eigenvalue weighted by molar-refractivity contribution is 0.563. The lowest BCUT2D eigenvalue weighted by Gasteiger charge is -2.08. The average Bonchev–Trinajstić information content (AvgIpc) is 2.99. The minimum atomic E-state index is 0. The number of fused-ring (bicyclic) bond motifs is 2. The number of halogens is 1. The number of aliphatic imine (C=N–C) groups is 1. The summed E-state index contributed by atoms with van der Waals surface area (Å²) < 4.78 is 1.29. The van der Waals surface area contributed by atoms with Gasteiger partial charge >= 0.3 is 0 Å². The van der Waals surface area contributed by atoms with Gasteiger partial charge in [-0.1, -0.05) is 11.8 Å². The predicted octanol–water partition coefficient (Wildman–Crippen LogP) is 3.84. The Morgan fingerprint density at radius 3 is 3.05 bits per heavy atom. The van der Waals surface area contributed by atoms with E-state index in [1.165, 1.54) is 15.0 Å². The Kier molecular flexibility index (Phi) is 3.20. The molecule has 2 aliphatic rings. The van der Waals surface area contributed by atoms with Gasteiger partial charge in [0.2, 0.25) is 0 Å². The Morgan fingerprint density at radius 2 is 2.21 bits per heavy atom. The molecule has 3 nitrogen and oxygen atoms in total. The smallest absolute Gasteiger partial charge is 0.168 e. The number of anilines is 1. The molecule has 0 radical (unpaired) electrons. The number of hydrogen-bond acceptors (Lipinski definition) is 5. The first-order chi connectivity index (χ1) is 8.79. The Morgan fingerprint density at radius 1 is 1.32 bits per heavy atom. The van der Waals surface area contributed by atoms with Crippen LogP contribution in [-0.4, -0.2) is 16.6 Å². The van der Waals surface area contributed by atoms with Crippen molar-refractivity contribution in [3.8, 4) is 0 Å². The van der Waals surface area contributed by atoms with Gasteiger partial charge in [0.25, 0.3) is 0 Å². The summed E-state index contributed by atoms with van der Waals surface area (Å²) >= 11 is 3.52. The third-order valence-corrected chi connectivity index (χ3v) is 5.21. The molecule has 1 aromatic heterocycles. The van der Waals surface area contributed by atoms with Gasteiger partial charge in [-0.25, -0.2) is 0 Å². The first kappa shape index (κ1) is 12.8. The van der Waals surface area contributed by atoms with Gasteiger partial charge in [-0.3, -0.25) is 4.99 Å². The molecular formula is C13H12ClN3S2. The number of nitrogens with two attached hydrogens (primary N) is 1. The van der Waals surface area contributed by atoms with E-state index in [0.29, 0.717) is 0 Å². The van der Waals surface area contributed by atoms with E-state index in [1.54, 1.807) is 11.8 Å². The molecule has 2 aliphatic heterocycles. The maximum Gasteiger partial charge on any atom is 0.168 e. The largest absolute Gasteiger partial charge is 0.399 e. The highest BCUT2D eigenvalue weighted by molar-refractivity contribution is 8.16. The second-order valence-electron chi connectivity index (χ2n) is 4.43. The van der Waals surface area contributed by atoms with E-state index in [4.69, 9.17) is 10.7 Å². The summed E-state index contributed by atoms with van der Waals surface area (Å²) in [5.74, 6) is 0. The molecule has 98 valence electrons. The van der Waals surface area contributed by atoms with Gasteiger partial charge in [0.1, 0.15) is 6.04 Å². The van der Waals surface area contributed by atoms with Crippen molar-refractivity contribution >= 4 is 56.4 Å². The van der Waals surface area contributed by atoms with E-state index >= 15 is 0 Å². The highest BCUT2D eigenvalue weighted by Gasteiger charge is 2.28. The highest BCUT2D eigenvalue weighted by Crippen LogP contribution is 2.38. The van der Waals surface area contributed by atoms with Crippen LogP contribution in [0.4, 0.5) is 5.69 Å². The third-order valence-electron chi connectivity index (χ3n) is 3.18. The van der Waals surface area contributed by atoms with Crippen molar-refractivity contribution < 1.29 is 0 Å². The van der Waals surface area contributed by atoms with E-state index < -0.39 is 0 Å². The molecule has 1 aromatic carbocycles. The second-order valence-corrected chi connectivity index (χ2v) is 6.42. The summed E-state index contributed by atoms with van der Waals surface area (Å²) in [4.78, 5) is 8.30. The lowest BCUT2D eigenvalue weighted by Crippen LogP contribution is -2.15. The van der Waals surface area contributed by atoms with Crippen molar-refractivity contribution in [3.05, 3.63) is 40.8 Å². The van der Waals surface area contributed by atoms with Crippen LogP contribution >= 0.6 is 35.5 Å². The van der Waals surface area contributed by atoms with Crippen LogP contribution in [-0.2, 0) is 0 Å². The van der Waals surface area contributed by atoms with E-state index in [0.717, 1.165) is 17.4 Å². The normalized spacial score (nSPS) is 20.5. The number of hydrogen-bond donors (Lipinski definition) is 1. The Labute approximate surface area is 125 Å². The van der Waals surface area contributed by atoms with E-state index in [9.17, 15) is 0 Å². The minimum absolute atomic E-state index is 0. The Balaban J connectivity index is 0.00000110. The molecule has 0 amide bonds. The Bertz CT molecular complexity index is 692. The maximum absolute atomic E-state index is 5.82. The molecule has 0 saturated carbocycles. The molecule has 0 fully saturated rings. The summed E-state index contributed by atoms with van der Waals surface area (Å²) in [5, 5.41) is 4.43. The molecule has 19 heavy (non-hydrogen) atoms. The van der Waals surface area contributed by atoms with Crippen molar-refractivity contribution in [2.45, 2.75) is 6.04 Å². The quantitative estimate of drug-likeness (QED) is 0.814. The van der Waals surface area contributed by atoms with Crippen LogP contribution in [0.2, 0.25) is 0 Å². The first-order valence-corrected chi connectivity index (χ1v) is 7.46. The molecule has 2 aromatic rings. The predicted molar refractivity (Wildman–Crippen MR) is 87.1 cm³/mol. The van der Waals surface area contributed by atoms with E-state index in [2.05, 4.69) is 28.6 Å². The fraction of sp³-hybridized carbons (Fsp3) is 0.154. The average molecular weight is 310 g/mol. The van der Waals surface area contributed by atoms with Crippen LogP contribution in [0.25, 0.3) is 10.1 Å². The summed E-state index contributed by atoms with van der Waals surface area (Å²) in [6.07, 6.45) is 2.11.